The summed E-state index contributed by atoms with van der Waals surface area (Å²) in [7, 11) is 1.89. The van der Waals surface area contributed by atoms with Crippen molar-refractivity contribution in [1.82, 2.24) is 24.6 Å². The summed E-state index contributed by atoms with van der Waals surface area (Å²) >= 11 is 0. The smallest absolute Gasteiger partial charge is 0.139 e. The van der Waals surface area contributed by atoms with Crippen molar-refractivity contribution in [3.8, 4) is 11.3 Å². The molecule has 1 aliphatic rings. The summed E-state index contributed by atoms with van der Waals surface area (Å²) < 4.78 is 1.77. The van der Waals surface area contributed by atoms with Gasteiger partial charge in [-0.25, -0.2) is 0 Å². The molecule has 0 amide bonds. The number of ketones is 1. The molecule has 0 aliphatic carbocycles. The van der Waals surface area contributed by atoms with Crippen LogP contribution in [0.4, 0.5) is 0 Å². The van der Waals surface area contributed by atoms with Crippen LogP contribution in [0, 0.1) is 11.8 Å². The summed E-state index contributed by atoms with van der Waals surface area (Å²) in [5, 5.41) is 6.25. The van der Waals surface area contributed by atoms with E-state index in [2.05, 4.69) is 33.8 Å². The summed E-state index contributed by atoms with van der Waals surface area (Å²) in [4.78, 5) is 24.1. The Hall–Kier alpha value is -2.60. The maximum atomic E-state index is 12.6. The van der Waals surface area contributed by atoms with Crippen molar-refractivity contribution >= 4 is 16.6 Å². The topological polar surface area (TPSA) is 63.9 Å². The number of pyridine rings is 2. The van der Waals surface area contributed by atoms with Crippen molar-refractivity contribution in [1.29, 1.82) is 0 Å². The number of hydrogen-bond donors (Lipinski definition) is 0. The maximum absolute atomic E-state index is 12.6. The highest BCUT2D eigenvalue weighted by Crippen LogP contribution is 2.23. The van der Waals surface area contributed by atoms with E-state index in [1.54, 1.807) is 4.68 Å². The van der Waals surface area contributed by atoms with Crippen molar-refractivity contribution in [3.63, 3.8) is 0 Å². The number of likely N-dealkylation sites (tertiary alicyclic amines) is 1. The van der Waals surface area contributed by atoms with Gasteiger partial charge in [0.2, 0.25) is 0 Å². The molecule has 6 nitrogen and oxygen atoms in total. The second-order valence-corrected chi connectivity index (χ2v) is 8.72. The highest BCUT2D eigenvalue weighted by Gasteiger charge is 2.24. The summed E-state index contributed by atoms with van der Waals surface area (Å²) in [6.07, 6.45) is 9.60. The molecule has 29 heavy (non-hydrogen) atoms. The van der Waals surface area contributed by atoms with E-state index in [1.807, 2.05) is 44.0 Å². The number of carbonyl (C=O) groups is 1. The van der Waals surface area contributed by atoms with Gasteiger partial charge in [-0.05, 0) is 42.3 Å². The van der Waals surface area contributed by atoms with Crippen LogP contribution in [0.15, 0.2) is 36.9 Å². The molecule has 3 aromatic rings. The minimum absolute atomic E-state index is 0.287. The van der Waals surface area contributed by atoms with Gasteiger partial charge in [-0.2, -0.15) is 5.10 Å². The average Bonchev–Trinajstić information content (AvgIpc) is 3.29. The highest BCUT2D eigenvalue weighted by molar-refractivity contribution is 5.86. The van der Waals surface area contributed by atoms with Crippen LogP contribution < -0.4 is 0 Å². The molecule has 4 rings (SSSR count). The van der Waals surface area contributed by atoms with Crippen LogP contribution in [0.25, 0.3) is 22.0 Å². The molecule has 0 radical (unpaired) electrons. The fourth-order valence-electron chi connectivity index (χ4n) is 4.25. The van der Waals surface area contributed by atoms with Gasteiger partial charge in [0.1, 0.15) is 5.78 Å². The Morgan fingerprint density at radius 2 is 2.00 bits per heavy atom. The Bertz CT molecular complexity index is 1010. The monoisotopic (exact) mass is 391 g/mol. The second kappa shape index (κ2) is 8.41. The minimum Gasteiger partial charge on any atom is -0.303 e. The molecule has 152 valence electrons. The van der Waals surface area contributed by atoms with E-state index in [0.717, 1.165) is 53.8 Å². The van der Waals surface area contributed by atoms with Gasteiger partial charge < -0.3 is 4.90 Å². The first kappa shape index (κ1) is 19.7. The number of hydrogen-bond acceptors (Lipinski definition) is 5. The molecule has 0 aromatic carbocycles. The van der Waals surface area contributed by atoms with Crippen molar-refractivity contribution in [2.24, 2.45) is 18.9 Å². The molecule has 1 atom stereocenters. The van der Waals surface area contributed by atoms with Crippen LogP contribution in [0.1, 0.15) is 32.4 Å². The molecule has 1 aliphatic heterocycles. The van der Waals surface area contributed by atoms with E-state index >= 15 is 0 Å². The standard InChI is InChI=1S/C23H29N5O/c1-16(2)13-28-5-4-17(14-28)6-22(29)9-21-7-18-8-23(20-12-26-27(3)15-20)25-11-19(18)10-24-21/h7-8,10-12,15-17H,4-6,9,13-14H2,1-3H3. The Kier molecular flexibility index (Phi) is 5.72. The lowest BCUT2D eigenvalue weighted by Gasteiger charge is -2.18. The number of aromatic nitrogens is 4. The third-order valence-electron chi connectivity index (χ3n) is 5.55. The van der Waals surface area contributed by atoms with E-state index in [1.165, 1.54) is 0 Å². The molecule has 1 unspecified atom stereocenters. The van der Waals surface area contributed by atoms with Gasteiger partial charge in [0.05, 0.1) is 11.9 Å². The third kappa shape index (κ3) is 4.88. The van der Waals surface area contributed by atoms with Crippen LogP contribution >= 0.6 is 0 Å². The zero-order valence-corrected chi connectivity index (χ0v) is 17.5. The van der Waals surface area contributed by atoms with Crippen molar-refractivity contribution in [3.05, 3.63) is 42.6 Å². The zero-order valence-electron chi connectivity index (χ0n) is 17.5. The van der Waals surface area contributed by atoms with Crippen LogP contribution in [-0.2, 0) is 18.3 Å². The molecule has 0 N–H and O–H groups in total. The lowest BCUT2D eigenvalue weighted by Crippen LogP contribution is -2.25. The van der Waals surface area contributed by atoms with Crippen LogP contribution in [0.5, 0.6) is 0 Å². The van der Waals surface area contributed by atoms with Crippen LogP contribution in [-0.4, -0.2) is 50.1 Å². The fraction of sp³-hybridized carbons (Fsp3) is 0.478. The molecular weight excluding hydrogens is 362 g/mol. The zero-order chi connectivity index (χ0) is 20.4. The van der Waals surface area contributed by atoms with Gasteiger partial charge in [-0.1, -0.05) is 13.8 Å². The number of fused-ring (bicyclic) bond motifs is 1. The van der Waals surface area contributed by atoms with Crippen LogP contribution in [0.2, 0.25) is 0 Å². The quantitative estimate of drug-likeness (QED) is 0.617. The van der Waals surface area contributed by atoms with E-state index in [0.29, 0.717) is 24.7 Å². The van der Waals surface area contributed by atoms with Crippen LogP contribution in [0.3, 0.4) is 0 Å². The van der Waals surface area contributed by atoms with Gasteiger partial charge in [0.15, 0.2) is 0 Å². The fourth-order valence-corrected chi connectivity index (χ4v) is 4.25. The second-order valence-electron chi connectivity index (χ2n) is 8.72. The summed E-state index contributed by atoms with van der Waals surface area (Å²) in [5.74, 6) is 1.45. The van der Waals surface area contributed by atoms with Gasteiger partial charge in [-0.15, -0.1) is 0 Å². The SMILES string of the molecule is CC(C)CN1CCC(CC(=O)Cc2cc3cc(-c4cnn(C)c4)ncc3cn2)C1. The van der Waals surface area contributed by atoms with Crippen molar-refractivity contribution in [2.45, 2.75) is 33.1 Å². The Labute approximate surface area is 172 Å². The lowest BCUT2D eigenvalue weighted by molar-refractivity contribution is -0.119. The highest BCUT2D eigenvalue weighted by atomic mass is 16.1. The predicted octanol–water partition coefficient (Wildman–Crippen LogP) is 3.51. The minimum atomic E-state index is 0.287. The van der Waals surface area contributed by atoms with Gasteiger partial charge in [-0.3, -0.25) is 19.4 Å². The Morgan fingerprint density at radius 1 is 1.17 bits per heavy atom. The van der Waals surface area contributed by atoms with Gasteiger partial charge >= 0.3 is 0 Å². The molecule has 1 saturated heterocycles. The average molecular weight is 392 g/mol. The molecule has 6 heteroatoms. The largest absolute Gasteiger partial charge is 0.303 e. The molecule has 3 aromatic heterocycles. The Morgan fingerprint density at radius 3 is 2.76 bits per heavy atom. The first-order valence-electron chi connectivity index (χ1n) is 10.4. The lowest BCUT2D eigenvalue weighted by atomic mass is 9.99. The summed E-state index contributed by atoms with van der Waals surface area (Å²) in [5.41, 5.74) is 2.70. The number of nitrogens with zero attached hydrogens (tertiary/aromatic N) is 5. The molecule has 0 bridgehead atoms. The third-order valence-corrected chi connectivity index (χ3v) is 5.55. The summed E-state index contributed by atoms with van der Waals surface area (Å²) in [6.45, 7) is 7.80. The van der Waals surface area contributed by atoms with Gasteiger partial charge in [0.25, 0.3) is 0 Å². The predicted molar refractivity (Wildman–Crippen MR) is 114 cm³/mol. The maximum Gasteiger partial charge on any atom is 0.139 e. The van der Waals surface area contributed by atoms with E-state index < -0.39 is 0 Å². The van der Waals surface area contributed by atoms with E-state index in [4.69, 9.17) is 0 Å². The van der Waals surface area contributed by atoms with E-state index in [9.17, 15) is 4.79 Å². The van der Waals surface area contributed by atoms with Crippen molar-refractivity contribution in [2.75, 3.05) is 19.6 Å². The molecular formula is C23H29N5O. The molecule has 4 heterocycles. The number of Topliss-reactive ketones (excluding diaryl/α,β-unsaturated/α-hetero) is 1. The normalized spacial score (nSPS) is 17.4. The first-order chi connectivity index (χ1) is 14.0. The summed E-state index contributed by atoms with van der Waals surface area (Å²) in [6, 6.07) is 4.07. The Balaban J connectivity index is 1.42. The number of aryl methyl sites for hydroxylation is 1. The van der Waals surface area contributed by atoms with Crippen molar-refractivity contribution < 1.29 is 4.79 Å². The molecule has 0 spiro atoms. The molecule has 1 fully saturated rings. The first-order valence-corrected chi connectivity index (χ1v) is 10.4. The number of carbonyl (C=O) groups excluding carboxylic acids is 1. The van der Waals surface area contributed by atoms with E-state index in [-0.39, 0.29) is 5.78 Å². The van der Waals surface area contributed by atoms with Gasteiger partial charge in [0, 0.05) is 68.2 Å². The number of rotatable bonds is 7. The molecule has 0 saturated carbocycles.